The summed E-state index contributed by atoms with van der Waals surface area (Å²) in [5, 5.41) is 2.15. The second-order valence-corrected chi connectivity index (χ2v) is 8.98. The molecule has 0 amide bonds. The topological polar surface area (TPSA) is 48.1 Å². The molecule has 2 fully saturated rings. The summed E-state index contributed by atoms with van der Waals surface area (Å²) in [5.41, 5.74) is 7.35. The maximum Gasteiger partial charge on any atom is 0.191 e. The molecule has 1 aromatic carbocycles. The van der Waals surface area contributed by atoms with Crippen LogP contribution in [0.25, 0.3) is 0 Å². The zero-order chi connectivity index (χ0) is 20.1. The van der Waals surface area contributed by atoms with Crippen LogP contribution in [0.3, 0.4) is 0 Å². The van der Waals surface area contributed by atoms with Crippen LogP contribution in [0.5, 0.6) is 0 Å². The molecule has 0 radical (unpaired) electrons. The van der Waals surface area contributed by atoms with E-state index in [9.17, 15) is 4.39 Å². The SMILES string of the molecule is I.NC(=NCC1CCN(Cc2cccs2)CC1)N1CCN(c2ccc(F)cc2)CC1. The second kappa shape index (κ2) is 11.3. The number of nitrogens with zero attached hydrogens (tertiary/aromatic N) is 4. The zero-order valence-corrected chi connectivity index (χ0v) is 20.4. The monoisotopic (exact) mass is 543 g/mol. The van der Waals surface area contributed by atoms with Crippen LogP contribution in [0.15, 0.2) is 46.8 Å². The smallest absolute Gasteiger partial charge is 0.191 e. The van der Waals surface area contributed by atoms with Crippen molar-refractivity contribution in [3.05, 3.63) is 52.5 Å². The molecule has 1 aromatic heterocycles. The van der Waals surface area contributed by atoms with Gasteiger partial charge in [-0.25, -0.2) is 4.39 Å². The Hall–Kier alpha value is -1.39. The first kappa shape index (κ1) is 23.3. The molecule has 2 N–H and O–H groups in total. The van der Waals surface area contributed by atoms with Crippen molar-refractivity contribution in [2.75, 3.05) is 50.7 Å². The van der Waals surface area contributed by atoms with E-state index in [1.807, 2.05) is 23.5 Å². The second-order valence-electron chi connectivity index (χ2n) is 7.95. The number of hydrogen-bond donors (Lipinski definition) is 1. The van der Waals surface area contributed by atoms with Gasteiger partial charge in [0, 0.05) is 49.8 Å². The van der Waals surface area contributed by atoms with Crippen molar-refractivity contribution in [1.29, 1.82) is 0 Å². The standard InChI is InChI=1S/C22H30FN5S.HI/c23-19-3-5-20(6-4-19)27-11-13-28(14-12-27)22(24)25-16-18-7-9-26(10-8-18)17-21-2-1-15-29-21;/h1-6,15,18H,7-14,16-17H2,(H2,24,25);1H. The summed E-state index contributed by atoms with van der Waals surface area (Å²) in [6.45, 7) is 7.66. The van der Waals surface area contributed by atoms with Crippen LogP contribution in [0.1, 0.15) is 17.7 Å². The van der Waals surface area contributed by atoms with E-state index in [-0.39, 0.29) is 29.8 Å². The summed E-state index contributed by atoms with van der Waals surface area (Å²) < 4.78 is 13.1. The summed E-state index contributed by atoms with van der Waals surface area (Å²) in [6.07, 6.45) is 2.39. The lowest BCUT2D eigenvalue weighted by Crippen LogP contribution is -2.51. The molecule has 0 saturated carbocycles. The largest absolute Gasteiger partial charge is 0.370 e. The van der Waals surface area contributed by atoms with Gasteiger partial charge in [0.05, 0.1) is 0 Å². The van der Waals surface area contributed by atoms with Crippen LogP contribution in [0.4, 0.5) is 10.1 Å². The Morgan fingerprint density at radius 1 is 1.03 bits per heavy atom. The number of aliphatic imine (C=N–C) groups is 1. The van der Waals surface area contributed by atoms with Crippen molar-refractivity contribution >= 4 is 47.0 Å². The van der Waals surface area contributed by atoms with Gasteiger partial charge in [0.2, 0.25) is 0 Å². The zero-order valence-electron chi connectivity index (χ0n) is 17.3. The molecule has 30 heavy (non-hydrogen) atoms. The Labute approximate surface area is 199 Å². The van der Waals surface area contributed by atoms with E-state index in [0.717, 1.165) is 58.0 Å². The minimum atomic E-state index is -0.193. The average molecular weight is 543 g/mol. The molecule has 4 rings (SSSR count). The fourth-order valence-corrected chi connectivity index (χ4v) is 4.86. The van der Waals surface area contributed by atoms with Gasteiger partial charge < -0.3 is 15.5 Å². The molecule has 0 unspecified atom stereocenters. The van der Waals surface area contributed by atoms with Crippen LogP contribution in [-0.4, -0.2) is 61.6 Å². The molecule has 164 valence electrons. The highest BCUT2D eigenvalue weighted by molar-refractivity contribution is 14.0. The number of piperazine rings is 1. The maximum absolute atomic E-state index is 13.1. The van der Waals surface area contributed by atoms with Gasteiger partial charge in [-0.2, -0.15) is 0 Å². The fourth-order valence-electron chi connectivity index (χ4n) is 4.12. The molecule has 2 saturated heterocycles. The van der Waals surface area contributed by atoms with Crippen molar-refractivity contribution in [3.8, 4) is 0 Å². The highest BCUT2D eigenvalue weighted by Crippen LogP contribution is 2.21. The van der Waals surface area contributed by atoms with Gasteiger partial charge >= 0.3 is 0 Å². The number of halogens is 2. The predicted molar refractivity (Wildman–Crippen MR) is 134 cm³/mol. The lowest BCUT2D eigenvalue weighted by Gasteiger charge is -2.37. The summed E-state index contributed by atoms with van der Waals surface area (Å²) in [7, 11) is 0. The average Bonchev–Trinajstić information content (AvgIpc) is 3.27. The molecule has 2 aliphatic rings. The van der Waals surface area contributed by atoms with Crippen molar-refractivity contribution in [3.63, 3.8) is 0 Å². The molecule has 3 heterocycles. The van der Waals surface area contributed by atoms with Crippen molar-refractivity contribution in [2.24, 2.45) is 16.6 Å². The first-order valence-electron chi connectivity index (χ1n) is 10.5. The van der Waals surface area contributed by atoms with Crippen LogP contribution < -0.4 is 10.6 Å². The van der Waals surface area contributed by atoms with Crippen LogP contribution in [0, 0.1) is 11.7 Å². The summed E-state index contributed by atoms with van der Waals surface area (Å²) in [6, 6.07) is 11.1. The van der Waals surface area contributed by atoms with Gasteiger partial charge in [0.15, 0.2) is 5.96 Å². The molecule has 5 nitrogen and oxygen atoms in total. The molecule has 0 aliphatic carbocycles. The number of thiophene rings is 1. The number of guanidine groups is 1. The third-order valence-electron chi connectivity index (χ3n) is 5.97. The quantitative estimate of drug-likeness (QED) is 0.354. The van der Waals surface area contributed by atoms with Gasteiger partial charge in [-0.15, -0.1) is 35.3 Å². The molecule has 0 spiro atoms. The number of nitrogens with two attached hydrogens (primary N) is 1. The van der Waals surface area contributed by atoms with Crippen LogP contribution in [0.2, 0.25) is 0 Å². The molecule has 2 aliphatic heterocycles. The van der Waals surface area contributed by atoms with E-state index >= 15 is 0 Å². The Morgan fingerprint density at radius 2 is 1.73 bits per heavy atom. The summed E-state index contributed by atoms with van der Waals surface area (Å²) in [5.74, 6) is 1.11. The molecular formula is C22H31FIN5S. The van der Waals surface area contributed by atoms with Crippen molar-refractivity contribution in [2.45, 2.75) is 19.4 Å². The Bertz CT molecular complexity index is 782. The van der Waals surface area contributed by atoms with E-state index in [1.165, 1.54) is 29.9 Å². The third-order valence-corrected chi connectivity index (χ3v) is 6.83. The third kappa shape index (κ3) is 6.31. The lowest BCUT2D eigenvalue weighted by molar-refractivity contribution is 0.182. The van der Waals surface area contributed by atoms with E-state index in [0.29, 0.717) is 11.9 Å². The van der Waals surface area contributed by atoms with Gasteiger partial charge in [-0.1, -0.05) is 6.07 Å². The number of rotatable bonds is 5. The highest BCUT2D eigenvalue weighted by atomic mass is 127. The minimum absolute atomic E-state index is 0. The highest BCUT2D eigenvalue weighted by Gasteiger charge is 2.21. The summed E-state index contributed by atoms with van der Waals surface area (Å²) >= 11 is 1.84. The van der Waals surface area contributed by atoms with Crippen LogP contribution in [-0.2, 0) is 6.54 Å². The summed E-state index contributed by atoms with van der Waals surface area (Å²) in [4.78, 5) is 13.2. The Kier molecular flexibility index (Phi) is 8.76. The number of likely N-dealkylation sites (tertiary alicyclic amines) is 1. The fraction of sp³-hybridized carbons (Fsp3) is 0.500. The maximum atomic E-state index is 13.1. The predicted octanol–water partition coefficient (Wildman–Crippen LogP) is 3.85. The van der Waals surface area contributed by atoms with Crippen molar-refractivity contribution in [1.82, 2.24) is 9.80 Å². The van der Waals surface area contributed by atoms with E-state index < -0.39 is 0 Å². The van der Waals surface area contributed by atoms with E-state index in [1.54, 1.807) is 0 Å². The van der Waals surface area contributed by atoms with Gasteiger partial charge in [0.25, 0.3) is 0 Å². The Morgan fingerprint density at radius 3 is 2.37 bits per heavy atom. The molecular weight excluding hydrogens is 512 g/mol. The number of benzene rings is 1. The molecule has 2 aromatic rings. The number of hydrogen-bond acceptors (Lipinski definition) is 4. The van der Waals surface area contributed by atoms with Crippen molar-refractivity contribution < 1.29 is 4.39 Å². The molecule has 0 bridgehead atoms. The van der Waals surface area contributed by atoms with Crippen LogP contribution >= 0.6 is 35.3 Å². The number of piperidine rings is 1. The lowest BCUT2D eigenvalue weighted by atomic mass is 9.97. The molecule has 0 atom stereocenters. The van der Waals surface area contributed by atoms with E-state index in [2.05, 4.69) is 32.2 Å². The van der Waals surface area contributed by atoms with Gasteiger partial charge in [0.1, 0.15) is 5.82 Å². The molecule has 8 heteroatoms. The van der Waals surface area contributed by atoms with Gasteiger partial charge in [-0.3, -0.25) is 9.89 Å². The normalized spacial score (nSPS) is 19.0. The van der Waals surface area contributed by atoms with Gasteiger partial charge in [-0.05, 0) is 67.6 Å². The minimum Gasteiger partial charge on any atom is -0.370 e. The first-order valence-corrected chi connectivity index (χ1v) is 11.4. The Balaban J connectivity index is 0.00000256. The number of anilines is 1. The first-order chi connectivity index (χ1) is 14.2. The van der Waals surface area contributed by atoms with E-state index in [4.69, 9.17) is 10.7 Å².